The van der Waals surface area contributed by atoms with Gasteiger partial charge in [-0.2, -0.15) is 0 Å². The van der Waals surface area contributed by atoms with E-state index >= 15 is 0 Å². The van der Waals surface area contributed by atoms with Gasteiger partial charge in [0.05, 0.1) is 5.75 Å². The predicted octanol–water partition coefficient (Wildman–Crippen LogP) is -1.18. The summed E-state index contributed by atoms with van der Waals surface area (Å²) < 4.78 is 0. The molecular formula is C11H19N3O4S. The van der Waals surface area contributed by atoms with E-state index in [1.165, 1.54) is 18.7 Å². The predicted molar refractivity (Wildman–Crippen MR) is 71.8 cm³/mol. The van der Waals surface area contributed by atoms with E-state index < -0.39 is 12.0 Å². The van der Waals surface area contributed by atoms with Crippen LogP contribution in [0.3, 0.4) is 0 Å². The van der Waals surface area contributed by atoms with Crippen molar-refractivity contribution in [3.63, 3.8) is 0 Å². The summed E-state index contributed by atoms with van der Waals surface area (Å²) in [5, 5.41) is 8.61. The number of carbonyl (C=O) groups excluding carboxylic acids is 2. The van der Waals surface area contributed by atoms with Crippen molar-refractivity contribution < 1.29 is 19.5 Å². The lowest BCUT2D eigenvalue weighted by atomic mass is 10.3. The van der Waals surface area contributed by atoms with E-state index in [0.717, 1.165) is 0 Å². The number of hydrogen-bond donors (Lipinski definition) is 2. The Morgan fingerprint density at radius 3 is 2.21 bits per heavy atom. The van der Waals surface area contributed by atoms with Crippen LogP contribution in [-0.4, -0.2) is 76.4 Å². The molecule has 1 fully saturated rings. The maximum Gasteiger partial charge on any atom is 0.321 e. The molecule has 0 unspecified atom stereocenters. The van der Waals surface area contributed by atoms with Crippen molar-refractivity contribution in [1.29, 1.82) is 0 Å². The average Bonchev–Trinajstić information content (AvgIpc) is 2.38. The molecule has 1 aliphatic rings. The van der Waals surface area contributed by atoms with Crippen LogP contribution >= 0.6 is 11.8 Å². The van der Waals surface area contributed by atoms with Crippen molar-refractivity contribution in [3.05, 3.63) is 0 Å². The molecule has 0 aromatic heterocycles. The first-order valence-electron chi connectivity index (χ1n) is 6.01. The maximum atomic E-state index is 11.8. The lowest BCUT2D eigenvalue weighted by Gasteiger charge is -2.34. The Balaban J connectivity index is 2.24. The zero-order valence-corrected chi connectivity index (χ0v) is 11.7. The van der Waals surface area contributed by atoms with Crippen LogP contribution in [0.1, 0.15) is 6.92 Å². The van der Waals surface area contributed by atoms with Crippen LogP contribution < -0.4 is 5.73 Å². The second-order valence-electron chi connectivity index (χ2n) is 4.35. The van der Waals surface area contributed by atoms with E-state index in [-0.39, 0.29) is 23.3 Å². The monoisotopic (exact) mass is 289 g/mol. The molecule has 1 atom stereocenters. The molecule has 1 aliphatic heterocycles. The molecule has 0 aliphatic carbocycles. The molecule has 2 amide bonds. The molecule has 0 aromatic rings. The van der Waals surface area contributed by atoms with Crippen molar-refractivity contribution in [3.8, 4) is 0 Å². The highest BCUT2D eigenvalue weighted by atomic mass is 32.2. The summed E-state index contributed by atoms with van der Waals surface area (Å²) in [6.45, 7) is 3.69. The van der Waals surface area contributed by atoms with Crippen LogP contribution in [0, 0.1) is 0 Å². The molecule has 108 valence electrons. The Labute approximate surface area is 116 Å². The fourth-order valence-electron chi connectivity index (χ4n) is 1.71. The number of aliphatic carboxylic acids is 1. The first-order valence-corrected chi connectivity index (χ1v) is 7.16. The van der Waals surface area contributed by atoms with Crippen LogP contribution in [-0.2, 0) is 14.4 Å². The zero-order valence-electron chi connectivity index (χ0n) is 10.9. The van der Waals surface area contributed by atoms with Crippen molar-refractivity contribution in [1.82, 2.24) is 9.80 Å². The van der Waals surface area contributed by atoms with E-state index in [9.17, 15) is 14.4 Å². The number of thioether (sulfide) groups is 1. The molecular weight excluding hydrogens is 270 g/mol. The SMILES string of the molecule is CC(=O)N1CCN(C(=O)CSC[C@@H](N)C(=O)O)CC1. The van der Waals surface area contributed by atoms with Crippen LogP contribution in [0.2, 0.25) is 0 Å². The van der Waals surface area contributed by atoms with Crippen molar-refractivity contribution in [2.75, 3.05) is 37.7 Å². The van der Waals surface area contributed by atoms with E-state index in [1.807, 2.05) is 0 Å². The minimum absolute atomic E-state index is 0.0221. The molecule has 0 spiro atoms. The van der Waals surface area contributed by atoms with E-state index in [0.29, 0.717) is 26.2 Å². The summed E-state index contributed by atoms with van der Waals surface area (Å²) in [6.07, 6.45) is 0. The Morgan fingerprint density at radius 1 is 1.21 bits per heavy atom. The Kier molecular flexibility index (Phi) is 6.10. The molecule has 19 heavy (non-hydrogen) atoms. The second kappa shape index (κ2) is 7.34. The number of nitrogens with two attached hydrogens (primary N) is 1. The number of piperazine rings is 1. The Hall–Kier alpha value is -1.28. The number of rotatable bonds is 5. The first-order chi connectivity index (χ1) is 8.91. The molecule has 3 N–H and O–H groups in total. The highest BCUT2D eigenvalue weighted by Crippen LogP contribution is 2.08. The third-order valence-electron chi connectivity index (χ3n) is 2.92. The van der Waals surface area contributed by atoms with Gasteiger partial charge in [-0.1, -0.05) is 0 Å². The number of carboxylic acids is 1. The third-order valence-corrected chi connectivity index (χ3v) is 3.96. The van der Waals surface area contributed by atoms with Gasteiger partial charge in [-0.05, 0) is 0 Å². The minimum atomic E-state index is -1.06. The van der Waals surface area contributed by atoms with Gasteiger partial charge in [0.1, 0.15) is 6.04 Å². The minimum Gasteiger partial charge on any atom is -0.480 e. The van der Waals surface area contributed by atoms with Gasteiger partial charge in [0.15, 0.2) is 0 Å². The zero-order chi connectivity index (χ0) is 14.4. The summed E-state index contributed by atoms with van der Waals surface area (Å²) in [7, 11) is 0. The fraction of sp³-hybridized carbons (Fsp3) is 0.727. The summed E-state index contributed by atoms with van der Waals surface area (Å²) >= 11 is 1.22. The topological polar surface area (TPSA) is 104 Å². The largest absolute Gasteiger partial charge is 0.480 e. The molecule has 7 nitrogen and oxygen atoms in total. The van der Waals surface area contributed by atoms with Gasteiger partial charge in [-0.3, -0.25) is 14.4 Å². The van der Waals surface area contributed by atoms with Crippen molar-refractivity contribution in [2.24, 2.45) is 5.73 Å². The van der Waals surface area contributed by atoms with Crippen LogP contribution in [0.5, 0.6) is 0 Å². The summed E-state index contributed by atoms with van der Waals surface area (Å²) in [4.78, 5) is 36.9. The van der Waals surface area contributed by atoms with Crippen LogP contribution in [0.4, 0.5) is 0 Å². The van der Waals surface area contributed by atoms with Gasteiger partial charge in [0, 0.05) is 38.9 Å². The number of amides is 2. The van der Waals surface area contributed by atoms with E-state index in [4.69, 9.17) is 10.8 Å². The average molecular weight is 289 g/mol. The molecule has 1 heterocycles. The highest BCUT2D eigenvalue weighted by Gasteiger charge is 2.22. The molecule has 0 bridgehead atoms. The molecule has 0 radical (unpaired) electrons. The van der Waals surface area contributed by atoms with E-state index in [2.05, 4.69) is 0 Å². The van der Waals surface area contributed by atoms with Crippen LogP contribution in [0.15, 0.2) is 0 Å². The third kappa shape index (κ3) is 5.07. The summed E-state index contributed by atoms with van der Waals surface area (Å²) in [5.41, 5.74) is 5.34. The molecule has 0 saturated carbocycles. The lowest BCUT2D eigenvalue weighted by molar-refractivity contribution is -0.138. The van der Waals surface area contributed by atoms with Gasteiger partial charge in [0.25, 0.3) is 0 Å². The van der Waals surface area contributed by atoms with Gasteiger partial charge in [0.2, 0.25) is 11.8 Å². The Bertz CT molecular complexity index is 356. The standard InChI is InChI=1S/C11H19N3O4S/c1-8(15)13-2-4-14(5-3-13)10(16)7-19-6-9(12)11(17)18/h9H,2-7,12H2,1H3,(H,17,18)/t9-/m1/s1. The summed E-state index contributed by atoms with van der Waals surface area (Å²) in [6, 6.07) is -0.938. The number of nitrogens with zero attached hydrogens (tertiary/aromatic N) is 2. The second-order valence-corrected chi connectivity index (χ2v) is 5.38. The number of carbonyl (C=O) groups is 3. The highest BCUT2D eigenvalue weighted by molar-refractivity contribution is 8.00. The van der Waals surface area contributed by atoms with Gasteiger partial charge in [-0.25, -0.2) is 0 Å². The molecule has 1 rings (SSSR count). The maximum absolute atomic E-state index is 11.8. The summed E-state index contributed by atoms with van der Waals surface area (Å²) in [5.74, 6) is -0.634. The van der Waals surface area contributed by atoms with Gasteiger partial charge in [-0.15, -0.1) is 11.8 Å². The van der Waals surface area contributed by atoms with Crippen molar-refractivity contribution in [2.45, 2.75) is 13.0 Å². The first kappa shape index (κ1) is 15.8. The molecule has 0 aromatic carbocycles. The fourth-order valence-corrected chi connectivity index (χ4v) is 2.58. The van der Waals surface area contributed by atoms with Gasteiger partial charge >= 0.3 is 5.97 Å². The lowest BCUT2D eigenvalue weighted by Crippen LogP contribution is -2.50. The Morgan fingerprint density at radius 2 is 1.74 bits per heavy atom. The molecule has 1 saturated heterocycles. The normalized spacial score (nSPS) is 17.2. The number of carboxylic acid groups (broad SMARTS) is 1. The smallest absolute Gasteiger partial charge is 0.321 e. The van der Waals surface area contributed by atoms with Gasteiger partial charge < -0.3 is 20.6 Å². The molecule has 8 heteroatoms. The van der Waals surface area contributed by atoms with Crippen molar-refractivity contribution >= 4 is 29.5 Å². The van der Waals surface area contributed by atoms with E-state index in [1.54, 1.807) is 9.80 Å². The number of hydrogen-bond acceptors (Lipinski definition) is 5. The van der Waals surface area contributed by atoms with Crippen LogP contribution in [0.25, 0.3) is 0 Å². The quantitative estimate of drug-likeness (QED) is 0.660.